The van der Waals surface area contributed by atoms with Crippen molar-refractivity contribution in [1.82, 2.24) is 24.4 Å². The maximum Gasteiger partial charge on any atom is 0.409 e. The molecular formula is C20H24FN5O3S. The van der Waals surface area contributed by atoms with E-state index in [9.17, 15) is 14.3 Å². The van der Waals surface area contributed by atoms with Crippen molar-refractivity contribution in [1.29, 1.82) is 0 Å². The van der Waals surface area contributed by atoms with Crippen LogP contribution in [0.2, 0.25) is 0 Å². The number of aryl methyl sites for hydroxylation is 1. The van der Waals surface area contributed by atoms with E-state index in [0.717, 1.165) is 5.56 Å². The van der Waals surface area contributed by atoms with Crippen molar-refractivity contribution in [3.63, 3.8) is 0 Å². The lowest BCUT2D eigenvalue weighted by molar-refractivity contribution is 0.0715. The molecule has 0 bridgehead atoms. The lowest BCUT2D eigenvalue weighted by Crippen LogP contribution is -2.49. The first kappa shape index (κ1) is 20.5. The summed E-state index contributed by atoms with van der Waals surface area (Å²) in [5, 5.41) is 15.3. The highest BCUT2D eigenvalue weighted by Gasteiger charge is 2.33. The minimum Gasteiger partial charge on any atom is -0.492 e. The quantitative estimate of drug-likeness (QED) is 0.666. The molecule has 0 saturated carbocycles. The Bertz CT molecular complexity index is 1030. The number of benzene rings is 1. The van der Waals surface area contributed by atoms with E-state index in [1.54, 1.807) is 24.0 Å². The van der Waals surface area contributed by atoms with Crippen molar-refractivity contribution in [3.8, 4) is 5.88 Å². The van der Waals surface area contributed by atoms with Gasteiger partial charge in [-0.15, -0.1) is 5.10 Å². The van der Waals surface area contributed by atoms with Crippen LogP contribution in [-0.4, -0.2) is 68.4 Å². The molecule has 3 heterocycles. The summed E-state index contributed by atoms with van der Waals surface area (Å²) in [4.78, 5) is 21.7. The molecule has 160 valence electrons. The van der Waals surface area contributed by atoms with Gasteiger partial charge >= 0.3 is 6.09 Å². The Morgan fingerprint density at radius 3 is 2.53 bits per heavy atom. The SMILES string of the molecule is CCOC(=O)N1CCN([C@H](c2ccc(F)cc2)c2sc3nc(CC)nn3c2O)CC1. The average molecular weight is 434 g/mol. The van der Waals surface area contributed by atoms with Gasteiger partial charge in [0, 0.05) is 32.6 Å². The summed E-state index contributed by atoms with van der Waals surface area (Å²) in [5.41, 5.74) is 0.858. The van der Waals surface area contributed by atoms with Gasteiger partial charge in [0.25, 0.3) is 0 Å². The summed E-state index contributed by atoms with van der Waals surface area (Å²) in [5.74, 6) is 0.401. The molecule has 30 heavy (non-hydrogen) atoms. The van der Waals surface area contributed by atoms with Crippen molar-refractivity contribution in [2.24, 2.45) is 0 Å². The minimum absolute atomic E-state index is 0.0457. The molecule has 1 saturated heterocycles. The molecule has 0 spiro atoms. The Morgan fingerprint density at radius 2 is 1.93 bits per heavy atom. The summed E-state index contributed by atoms with van der Waals surface area (Å²) in [6.07, 6.45) is 0.365. The van der Waals surface area contributed by atoms with Crippen LogP contribution >= 0.6 is 11.3 Å². The number of aromatic hydroxyl groups is 1. The van der Waals surface area contributed by atoms with Crippen molar-refractivity contribution in [2.75, 3.05) is 32.8 Å². The van der Waals surface area contributed by atoms with E-state index in [1.165, 1.54) is 28.0 Å². The van der Waals surface area contributed by atoms with Crippen LogP contribution in [0.4, 0.5) is 9.18 Å². The van der Waals surface area contributed by atoms with Crippen LogP contribution in [0.1, 0.15) is 36.2 Å². The van der Waals surface area contributed by atoms with Gasteiger partial charge in [-0.3, -0.25) is 4.90 Å². The fourth-order valence-corrected chi connectivity index (χ4v) is 4.81. The van der Waals surface area contributed by atoms with Gasteiger partial charge in [-0.05, 0) is 24.6 Å². The molecule has 3 aromatic rings. The van der Waals surface area contributed by atoms with Crippen LogP contribution < -0.4 is 0 Å². The smallest absolute Gasteiger partial charge is 0.409 e. The van der Waals surface area contributed by atoms with Crippen molar-refractivity contribution in [2.45, 2.75) is 26.3 Å². The number of carbonyl (C=O) groups excluding carboxylic acids is 1. The van der Waals surface area contributed by atoms with E-state index in [0.29, 0.717) is 54.9 Å². The maximum absolute atomic E-state index is 13.5. The van der Waals surface area contributed by atoms with Gasteiger partial charge in [0.15, 0.2) is 5.82 Å². The van der Waals surface area contributed by atoms with Crippen LogP contribution in [0.15, 0.2) is 24.3 Å². The standard InChI is InChI=1S/C20H24FN5O3S/c1-3-15-22-19-26(23-15)18(27)17(30-19)16(13-5-7-14(21)8-6-13)24-9-11-25(12-10-24)20(28)29-4-2/h5-8,16,27H,3-4,9-12H2,1-2H3/t16-/m1/s1. The summed E-state index contributed by atoms with van der Waals surface area (Å²) in [6.45, 7) is 6.29. The topological polar surface area (TPSA) is 83.2 Å². The number of carbonyl (C=O) groups is 1. The number of halogens is 1. The fraction of sp³-hybridized carbons (Fsp3) is 0.450. The largest absolute Gasteiger partial charge is 0.492 e. The number of amides is 1. The lowest BCUT2D eigenvalue weighted by atomic mass is 10.0. The molecule has 1 aromatic carbocycles. The third-order valence-corrected chi connectivity index (χ3v) is 6.27. The maximum atomic E-state index is 13.5. The van der Waals surface area contributed by atoms with Crippen LogP contribution in [0.5, 0.6) is 5.88 Å². The van der Waals surface area contributed by atoms with E-state index in [2.05, 4.69) is 15.0 Å². The molecule has 0 unspecified atom stereocenters. The predicted molar refractivity (Wildman–Crippen MR) is 110 cm³/mol. The number of fused-ring (bicyclic) bond motifs is 1. The third kappa shape index (κ3) is 3.84. The molecule has 1 N–H and O–H groups in total. The van der Waals surface area contributed by atoms with Crippen LogP contribution in [0, 0.1) is 5.82 Å². The Kier molecular flexibility index (Phi) is 5.87. The third-order valence-electron chi connectivity index (χ3n) is 5.20. The number of rotatable bonds is 5. The van der Waals surface area contributed by atoms with Crippen molar-refractivity contribution >= 4 is 22.4 Å². The van der Waals surface area contributed by atoms with Gasteiger partial charge < -0.3 is 14.7 Å². The first-order valence-corrected chi connectivity index (χ1v) is 10.8. The molecule has 1 aliphatic heterocycles. The van der Waals surface area contributed by atoms with E-state index in [4.69, 9.17) is 4.74 Å². The Labute approximate surface area is 177 Å². The molecule has 2 aromatic heterocycles. The highest BCUT2D eigenvalue weighted by atomic mass is 32.1. The molecule has 8 nitrogen and oxygen atoms in total. The fourth-order valence-electron chi connectivity index (χ4n) is 3.67. The molecular weight excluding hydrogens is 409 g/mol. The average Bonchev–Trinajstić information content (AvgIpc) is 3.29. The zero-order valence-electron chi connectivity index (χ0n) is 16.9. The Hall–Kier alpha value is -2.72. The van der Waals surface area contributed by atoms with Gasteiger partial charge in [0.1, 0.15) is 5.82 Å². The van der Waals surface area contributed by atoms with Crippen LogP contribution in [0.25, 0.3) is 4.96 Å². The van der Waals surface area contributed by atoms with Crippen LogP contribution in [0.3, 0.4) is 0 Å². The van der Waals surface area contributed by atoms with Crippen molar-refractivity contribution < 1.29 is 19.0 Å². The van der Waals surface area contributed by atoms with E-state index in [1.807, 2.05) is 6.92 Å². The number of nitrogens with zero attached hydrogens (tertiary/aromatic N) is 5. The summed E-state index contributed by atoms with van der Waals surface area (Å²) in [7, 11) is 0. The molecule has 1 aliphatic rings. The van der Waals surface area contributed by atoms with Gasteiger partial charge in [-0.25, -0.2) is 14.2 Å². The molecule has 1 atom stereocenters. The number of thiazole rings is 1. The number of aromatic nitrogens is 3. The summed E-state index contributed by atoms with van der Waals surface area (Å²) in [6, 6.07) is 5.99. The second kappa shape index (κ2) is 8.57. The molecule has 4 rings (SSSR count). The molecule has 10 heteroatoms. The molecule has 1 fully saturated rings. The van der Waals surface area contributed by atoms with E-state index in [-0.39, 0.29) is 23.8 Å². The first-order chi connectivity index (χ1) is 14.5. The molecule has 0 aliphatic carbocycles. The highest BCUT2D eigenvalue weighted by molar-refractivity contribution is 7.17. The first-order valence-electron chi connectivity index (χ1n) is 10.00. The number of piperazine rings is 1. The van der Waals surface area contributed by atoms with Crippen LogP contribution in [-0.2, 0) is 11.2 Å². The van der Waals surface area contributed by atoms with Gasteiger partial charge in [-0.2, -0.15) is 4.52 Å². The zero-order chi connectivity index (χ0) is 21.3. The number of hydrogen-bond acceptors (Lipinski definition) is 7. The number of ether oxygens (including phenoxy) is 1. The Balaban J connectivity index is 1.66. The second-order valence-electron chi connectivity index (χ2n) is 7.04. The Morgan fingerprint density at radius 1 is 1.23 bits per heavy atom. The van der Waals surface area contributed by atoms with Gasteiger partial charge in [0.2, 0.25) is 10.8 Å². The highest BCUT2D eigenvalue weighted by Crippen LogP contribution is 2.40. The lowest BCUT2D eigenvalue weighted by Gasteiger charge is -2.38. The molecule has 1 amide bonds. The zero-order valence-corrected chi connectivity index (χ0v) is 17.7. The van der Waals surface area contributed by atoms with E-state index < -0.39 is 0 Å². The number of hydrogen-bond donors (Lipinski definition) is 1. The predicted octanol–water partition coefficient (Wildman–Crippen LogP) is 3.06. The summed E-state index contributed by atoms with van der Waals surface area (Å²) >= 11 is 1.37. The second-order valence-corrected chi connectivity index (χ2v) is 8.05. The van der Waals surface area contributed by atoms with Gasteiger partial charge in [-0.1, -0.05) is 30.4 Å². The van der Waals surface area contributed by atoms with Crippen molar-refractivity contribution in [3.05, 3.63) is 46.3 Å². The normalized spacial score (nSPS) is 16.2. The van der Waals surface area contributed by atoms with E-state index >= 15 is 0 Å². The molecule has 0 radical (unpaired) electrons. The monoisotopic (exact) mass is 433 g/mol. The van der Waals surface area contributed by atoms with Gasteiger partial charge in [0.05, 0.1) is 17.5 Å². The minimum atomic E-state index is -0.316. The summed E-state index contributed by atoms with van der Waals surface area (Å²) < 4.78 is 20.1.